The molecule has 1 heterocycles. The molecule has 0 aliphatic heterocycles. The number of fused-ring (bicyclic) bond motifs is 1. The summed E-state index contributed by atoms with van der Waals surface area (Å²) in [5, 5.41) is 10.3. The summed E-state index contributed by atoms with van der Waals surface area (Å²) in [5.74, 6) is -0.352. The van der Waals surface area contributed by atoms with Crippen molar-refractivity contribution in [3.05, 3.63) is 30.0 Å². The van der Waals surface area contributed by atoms with Gasteiger partial charge in [-0.15, -0.1) is 0 Å². The summed E-state index contributed by atoms with van der Waals surface area (Å²) < 4.78 is 22.9. The molecule has 3 rings (SSSR count). The van der Waals surface area contributed by atoms with E-state index in [4.69, 9.17) is 0 Å². The van der Waals surface area contributed by atoms with E-state index in [1.54, 1.807) is 6.92 Å². The molecule has 1 aromatic heterocycles. The van der Waals surface area contributed by atoms with Crippen molar-refractivity contribution in [2.75, 3.05) is 6.26 Å². The van der Waals surface area contributed by atoms with Gasteiger partial charge in [0.15, 0.2) is 15.5 Å². The second-order valence-corrected chi connectivity index (χ2v) is 8.01. The zero-order chi connectivity index (χ0) is 15.3. The highest BCUT2D eigenvalue weighted by atomic mass is 32.2. The Balaban J connectivity index is 1.84. The number of aromatic nitrogens is 2. The van der Waals surface area contributed by atoms with E-state index in [1.165, 1.54) is 6.26 Å². The molecule has 1 atom stereocenters. The van der Waals surface area contributed by atoms with Crippen molar-refractivity contribution in [1.82, 2.24) is 15.5 Å². The van der Waals surface area contributed by atoms with E-state index < -0.39 is 20.6 Å². The van der Waals surface area contributed by atoms with Crippen LogP contribution in [0, 0.1) is 0 Å². The fourth-order valence-corrected chi connectivity index (χ4v) is 4.33. The van der Waals surface area contributed by atoms with Crippen LogP contribution < -0.4 is 5.32 Å². The number of rotatable bonds is 4. The number of hydrogen-bond donors (Lipinski definition) is 2. The van der Waals surface area contributed by atoms with Crippen LogP contribution in [0.5, 0.6) is 0 Å². The van der Waals surface area contributed by atoms with E-state index in [0.29, 0.717) is 18.5 Å². The van der Waals surface area contributed by atoms with Crippen LogP contribution in [0.1, 0.15) is 30.3 Å². The average molecular weight is 307 g/mol. The molecule has 6 nitrogen and oxygen atoms in total. The Labute approximate surface area is 122 Å². The van der Waals surface area contributed by atoms with Crippen molar-refractivity contribution in [3.8, 4) is 0 Å². The fraction of sp³-hybridized carbons (Fsp3) is 0.429. The van der Waals surface area contributed by atoms with E-state index in [1.807, 2.05) is 24.3 Å². The molecular formula is C14H17N3O3S. The van der Waals surface area contributed by atoms with Crippen molar-refractivity contribution in [2.24, 2.45) is 0 Å². The predicted molar refractivity (Wildman–Crippen MR) is 79.8 cm³/mol. The van der Waals surface area contributed by atoms with Crippen LogP contribution in [-0.4, -0.2) is 41.6 Å². The predicted octanol–water partition coefficient (Wildman–Crippen LogP) is 1.26. The van der Waals surface area contributed by atoms with Crippen LogP contribution in [0.4, 0.5) is 0 Å². The van der Waals surface area contributed by atoms with Gasteiger partial charge in [-0.2, -0.15) is 5.10 Å². The molecule has 2 aromatic rings. The molecule has 7 heteroatoms. The van der Waals surface area contributed by atoms with E-state index in [-0.39, 0.29) is 5.91 Å². The fourth-order valence-electron chi connectivity index (χ4n) is 2.78. The third-order valence-electron chi connectivity index (χ3n) is 4.30. The Morgan fingerprint density at radius 2 is 2.05 bits per heavy atom. The van der Waals surface area contributed by atoms with Crippen LogP contribution >= 0.6 is 0 Å². The minimum Gasteiger partial charge on any atom is -0.347 e. The summed E-state index contributed by atoms with van der Waals surface area (Å²) in [6.45, 7) is 1.74. The van der Waals surface area contributed by atoms with Crippen molar-refractivity contribution < 1.29 is 13.2 Å². The minimum atomic E-state index is -3.19. The van der Waals surface area contributed by atoms with Crippen LogP contribution in [0.2, 0.25) is 0 Å². The number of aromatic amines is 1. The van der Waals surface area contributed by atoms with Gasteiger partial charge < -0.3 is 5.32 Å². The maximum atomic E-state index is 12.3. The van der Waals surface area contributed by atoms with Gasteiger partial charge in [-0.25, -0.2) is 8.42 Å². The highest BCUT2D eigenvalue weighted by Gasteiger charge is 2.56. The van der Waals surface area contributed by atoms with Gasteiger partial charge >= 0.3 is 0 Å². The first-order chi connectivity index (χ1) is 9.85. The van der Waals surface area contributed by atoms with Gasteiger partial charge in [-0.3, -0.25) is 9.89 Å². The van der Waals surface area contributed by atoms with Gasteiger partial charge in [0, 0.05) is 17.7 Å². The largest absolute Gasteiger partial charge is 0.347 e. The van der Waals surface area contributed by atoms with Crippen molar-refractivity contribution in [3.63, 3.8) is 0 Å². The van der Waals surface area contributed by atoms with Crippen LogP contribution in [0.15, 0.2) is 24.3 Å². The monoisotopic (exact) mass is 307 g/mol. The normalized spacial score (nSPS) is 18.4. The summed E-state index contributed by atoms with van der Waals surface area (Å²) >= 11 is 0. The standard InChI is InChI=1S/C14H17N3O3S/c1-9(14(7-8-14)21(2,19)20)15-13(18)12-10-5-3-4-6-11(10)16-17-12/h3-6,9H,7-8H2,1-2H3,(H,15,18)(H,16,17)/t9-/m0/s1. The van der Waals surface area contributed by atoms with Gasteiger partial charge in [0.2, 0.25) is 0 Å². The molecule has 1 fully saturated rings. The number of benzene rings is 1. The van der Waals surface area contributed by atoms with Gasteiger partial charge in [0.1, 0.15) is 0 Å². The van der Waals surface area contributed by atoms with E-state index in [2.05, 4.69) is 15.5 Å². The summed E-state index contributed by atoms with van der Waals surface area (Å²) in [6, 6.07) is 6.89. The SMILES string of the molecule is C[C@H](NC(=O)c1n[nH]c2ccccc12)C1(S(C)(=O)=O)CC1. The number of amides is 1. The zero-order valence-corrected chi connectivity index (χ0v) is 12.7. The number of carbonyl (C=O) groups is 1. The second kappa shape index (κ2) is 4.56. The summed E-state index contributed by atoms with van der Waals surface area (Å²) in [7, 11) is -3.19. The number of carbonyl (C=O) groups excluding carboxylic acids is 1. The highest BCUT2D eigenvalue weighted by Crippen LogP contribution is 2.46. The summed E-state index contributed by atoms with van der Waals surface area (Å²) in [4.78, 5) is 12.3. The second-order valence-electron chi connectivity index (χ2n) is 5.65. The van der Waals surface area contributed by atoms with Crippen molar-refractivity contribution >= 4 is 26.6 Å². The quantitative estimate of drug-likeness (QED) is 0.889. The molecule has 1 amide bonds. The van der Waals surface area contributed by atoms with Crippen molar-refractivity contribution in [2.45, 2.75) is 30.6 Å². The smallest absolute Gasteiger partial charge is 0.272 e. The molecule has 0 unspecified atom stereocenters. The van der Waals surface area contributed by atoms with Crippen LogP contribution in [-0.2, 0) is 9.84 Å². The Bertz CT molecular complexity index is 806. The van der Waals surface area contributed by atoms with Crippen molar-refractivity contribution in [1.29, 1.82) is 0 Å². The molecule has 112 valence electrons. The average Bonchev–Trinajstić information content (AvgIpc) is 3.13. The van der Waals surface area contributed by atoms with Gasteiger partial charge in [-0.1, -0.05) is 18.2 Å². The lowest BCUT2D eigenvalue weighted by molar-refractivity contribution is 0.0934. The number of sulfone groups is 1. The Morgan fingerprint density at radius 1 is 1.38 bits per heavy atom. The Morgan fingerprint density at radius 3 is 2.67 bits per heavy atom. The van der Waals surface area contributed by atoms with Gasteiger partial charge in [-0.05, 0) is 25.8 Å². The zero-order valence-electron chi connectivity index (χ0n) is 11.9. The summed E-state index contributed by atoms with van der Waals surface area (Å²) in [5.41, 5.74) is 1.07. The first kappa shape index (κ1) is 14.1. The first-order valence-corrected chi connectivity index (χ1v) is 8.68. The molecule has 1 saturated carbocycles. The maximum Gasteiger partial charge on any atom is 0.272 e. The summed E-state index contributed by atoms with van der Waals surface area (Å²) in [6.07, 6.45) is 2.41. The lowest BCUT2D eigenvalue weighted by atomic mass is 10.1. The van der Waals surface area contributed by atoms with Gasteiger partial charge in [0.25, 0.3) is 5.91 Å². The van der Waals surface area contributed by atoms with E-state index >= 15 is 0 Å². The first-order valence-electron chi connectivity index (χ1n) is 6.79. The molecule has 2 N–H and O–H groups in total. The third-order valence-corrected chi connectivity index (χ3v) is 6.54. The minimum absolute atomic E-state index is 0.293. The molecule has 21 heavy (non-hydrogen) atoms. The molecule has 1 aromatic carbocycles. The molecule has 1 aliphatic carbocycles. The Hall–Kier alpha value is -1.89. The molecule has 0 saturated heterocycles. The van der Waals surface area contributed by atoms with E-state index in [9.17, 15) is 13.2 Å². The Kier molecular flexibility index (Phi) is 3.05. The van der Waals surface area contributed by atoms with Crippen LogP contribution in [0.3, 0.4) is 0 Å². The van der Waals surface area contributed by atoms with Gasteiger partial charge in [0.05, 0.1) is 10.3 Å². The maximum absolute atomic E-state index is 12.3. The third kappa shape index (κ3) is 2.21. The molecule has 0 radical (unpaired) electrons. The highest BCUT2D eigenvalue weighted by molar-refractivity contribution is 7.92. The number of H-pyrrole nitrogens is 1. The van der Waals surface area contributed by atoms with E-state index in [0.717, 1.165) is 10.9 Å². The lowest BCUT2D eigenvalue weighted by Crippen LogP contribution is -2.46. The number of nitrogens with zero attached hydrogens (tertiary/aromatic N) is 1. The number of hydrogen-bond acceptors (Lipinski definition) is 4. The van der Waals surface area contributed by atoms with Crippen LogP contribution in [0.25, 0.3) is 10.9 Å². The number of nitrogens with one attached hydrogen (secondary N) is 2. The lowest BCUT2D eigenvalue weighted by Gasteiger charge is -2.22. The molecular weight excluding hydrogens is 290 g/mol. The number of para-hydroxylation sites is 1. The topological polar surface area (TPSA) is 91.9 Å². The molecule has 0 bridgehead atoms. The molecule has 1 aliphatic rings. The molecule has 0 spiro atoms.